The molecule has 2 aliphatic rings. The van der Waals surface area contributed by atoms with Crippen LogP contribution in [0.1, 0.15) is 26.7 Å². The molecular formula is C13H27N3. The molecule has 2 fully saturated rings. The predicted molar refractivity (Wildman–Crippen MR) is 68.4 cm³/mol. The quantitative estimate of drug-likeness (QED) is 0.774. The van der Waals surface area contributed by atoms with E-state index in [0.29, 0.717) is 6.04 Å². The number of rotatable bonds is 4. The molecule has 16 heavy (non-hydrogen) atoms. The third kappa shape index (κ3) is 2.13. The van der Waals surface area contributed by atoms with Crippen molar-refractivity contribution in [3.8, 4) is 0 Å². The molecule has 3 nitrogen and oxygen atoms in total. The molecule has 0 amide bonds. The zero-order chi connectivity index (χ0) is 11.9. The van der Waals surface area contributed by atoms with Gasteiger partial charge < -0.3 is 10.6 Å². The Kier molecular flexibility index (Phi) is 3.30. The maximum atomic E-state index is 6.06. The molecule has 0 aromatic heterocycles. The average molecular weight is 225 g/mol. The highest BCUT2D eigenvalue weighted by Crippen LogP contribution is 2.40. The lowest BCUT2D eigenvalue weighted by atomic mass is 9.94. The van der Waals surface area contributed by atoms with Crippen LogP contribution in [-0.2, 0) is 0 Å². The molecule has 0 radical (unpaired) electrons. The number of hydrogen-bond donors (Lipinski definition) is 1. The zero-order valence-corrected chi connectivity index (χ0v) is 11.2. The highest BCUT2D eigenvalue weighted by molar-refractivity contribution is 5.02. The fourth-order valence-electron chi connectivity index (χ4n) is 3.17. The van der Waals surface area contributed by atoms with Gasteiger partial charge in [0.15, 0.2) is 0 Å². The van der Waals surface area contributed by atoms with Crippen molar-refractivity contribution in [1.82, 2.24) is 9.80 Å². The number of likely N-dealkylation sites (tertiary alicyclic amines) is 1. The number of nitrogens with zero attached hydrogens (tertiary/aromatic N) is 2. The lowest BCUT2D eigenvalue weighted by Crippen LogP contribution is -2.54. The SMILES string of the molecule is CC1CC1CN(C)C1(CN)CC(C)N(C)C1. The standard InChI is InChI=1S/C13H27N3/c1-10-5-12(10)7-16(4)13(8-14)6-11(2)15(3)9-13/h10-12H,5-9,14H2,1-4H3. The minimum Gasteiger partial charge on any atom is -0.329 e. The minimum atomic E-state index is 0.233. The van der Waals surface area contributed by atoms with Crippen molar-refractivity contribution in [3.05, 3.63) is 0 Å². The number of hydrogen-bond acceptors (Lipinski definition) is 3. The predicted octanol–water partition coefficient (Wildman–Crippen LogP) is 0.996. The van der Waals surface area contributed by atoms with Gasteiger partial charge in [-0.3, -0.25) is 4.90 Å². The van der Waals surface area contributed by atoms with Crippen LogP contribution in [0.4, 0.5) is 0 Å². The van der Waals surface area contributed by atoms with Gasteiger partial charge in [-0.2, -0.15) is 0 Å². The maximum Gasteiger partial charge on any atom is 0.0470 e. The van der Waals surface area contributed by atoms with E-state index in [2.05, 4.69) is 37.7 Å². The van der Waals surface area contributed by atoms with Crippen molar-refractivity contribution < 1.29 is 0 Å². The third-order valence-electron chi connectivity index (χ3n) is 4.95. The molecule has 94 valence electrons. The van der Waals surface area contributed by atoms with Gasteiger partial charge in [0.1, 0.15) is 0 Å². The van der Waals surface area contributed by atoms with Crippen molar-refractivity contribution in [2.45, 2.75) is 38.3 Å². The summed E-state index contributed by atoms with van der Waals surface area (Å²) < 4.78 is 0. The summed E-state index contributed by atoms with van der Waals surface area (Å²) in [5, 5.41) is 0. The van der Waals surface area contributed by atoms with Crippen LogP contribution in [0.5, 0.6) is 0 Å². The van der Waals surface area contributed by atoms with Gasteiger partial charge >= 0.3 is 0 Å². The minimum absolute atomic E-state index is 0.233. The topological polar surface area (TPSA) is 32.5 Å². The van der Waals surface area contributed by atoms with Crippen LogP contribution in [-0.4, -0.2) is 55.1 Å². The summed E-state index contributed by atoms with van der Waals surface area (Å²) in [6.07, 6.45) is 2.63. The molecule has 2 rings (SSSR count). The molecule has 1 saturated carbocycles. The van der Waals surface area contributed by atoms with Gasteiger partial charge in [0.2, 0.25) is 0 Å². The summed E-state index contributed by atoms with van der Waals surface area (Å²) in [5.74, 6) is 1.86. The van der Waals surface area contributed by atoms with E-state index in [-0.39, 0.29) is 5.54 Å². The molecular weight excluding hydrogens is 198 g/mol. The summed E-state index contributed by atoms with van der Waals surface area (Å²) in [5.41, 5.74) is 6.29. The van der Waals surface area contributed by atoms with Crippen LogP contribution >= 0.6 is 0 Å². The molecule has 1 aliphatic carbocycles. The Morgan fingerprint density at radius 3 is 2.44 bits per heavy atom. The van der Waals surface area contributed by atoms with E-state index in [9.17, 15) is 0 Å². The van der Waals surface area contributed by atoms with Crippen molar-refractivity contribution >= 4 is 0 Å². The fraction of sp³-hybridized carbons (Fsp3) is 1.00. The second kappa shape index (κ2) is 4.28. The van der Waals surface area contributed by atoms with E-state index in [0.717, 1.165) is 24.9 Å². The smallest absolute Gasteiger partial charge is 0.0470 e. The van der Waals surface area contributed by atoms with E-state index < -0.39 is 0 Å². The van der Waals surface area contributed by atoms with E-state index in [1.807, 2.05) is 0 Å². The molecule has 3 heteroatoms. The summed E-state index contributed by atoms with van der Waals surface area (Å²) in [4.78, 5) is 4.99. The fourth-order valence-corrected chi connectivity index (χ4v) is 3.17. The number of nitrogens with two attached hydrogens (primary N) is 1. The van der Waals surface area contributed by atoms with Gasteiger partial charge in [-0.1, -0.05) is 6.92 Å². The Labute approximate surface area is 100.0 Å². The van der Waals surface area contributed by atoms with Gasteiger partial charge in [0.25, 0.3) is 0 Å². The van der Waals surface area contributed by atoms with Gasteiger partial charge in [-0.25, -0.2) is 0 Å². The summed E-state index contributed by atoms with van der Waals surface area (Å²) in [6, 6.07) is 0.669. The van der Waals surface area contributed by atoms with Crippen LogP contribution in [0, 0.1) is 11.8 Å². The monoisotopic (exact) mass is 225 g/mol. The third-order valence-corrected chi connectivity index (χ3v) is 4.95. The molecule has 0 bridgehead atoms. The lowest BCUT2D eigenvalue weighted by molar-refractivity contribution is 0.126. The first-order chi connectivity index (χ1) is 7.48. The molecule has 4 atom stereocenters. The summed E-state index contributed by atoms with van der Waals surface area (Å²) >= 11 is 0. The highest BCUT2D eigenvalue weighted by Gasteiger charge is 2.45. The molecule has 0 aromatic carbocycles. The molecule has 2 N–H and O–H groups in total. The molecule has 0 spiro atoms. The van der Waals surface area contributed by atoms with Gasteiger partial charge in [0.05, 0.1) is 0 Å². The van der Waals surface area contributed by atoms with Crippen LogP contribution < -0.4 is 5.73 Å². The maximum absolute atomic E-state index is 6.06. The van der Waals surface area contributed by atoms with E-state index in [1.165, 1.54) is 19.4 Å². The van der Waals surface area contributed by atoms with Gasteiger partial charge in [-0.15, -0.1) is 0 Å². The zero-order valence-electron chi connectivity index (χ0n) is 11.2. The van der Waals surface area contributed by atoms with Crippen molar-refractivity contribution in [1.29, 1.82) is 0 Å². The van der Waals surface area contributed by atoms with Crippen molar-refractivity contribution in [2.75, 3.05) is 33.7 Å². The molecule has 1 aliphatic heterocycles. The summed E-state index contributed by atoms with van der Waals surface area (Å²) in [6.45, 7) is 7.82. The normalized spacial score (nSPS) is 44.2. The molecule has 1 saturated heterocycles. The average Bonchev–Trinajstić information content (AvgIpc) is 2.82. The Morgan fingerprint density at radius 1 is 1.44 bits per heavy atom. The largest absolute Gasteiger partial charge is 0.329 e. The highest BCUT2D eigenvalue weighted by atomic mass is 15.3. The Morgan fingerprint density at radius 2 is 2.06 bits per heavy atom. The Balaban J connectivity index is 1.98. The van der Waals surface area contributed by atoms with Gasteiger partial charge in [-0.05, 0) is 45.7 Å². The van der Waals surface area contributed by atoms with Crippen molar-refractivity contribution in [2.24, 2.45) is 17.6 Å². The molecule has 1 heterocycles. The van der Waals surface area contributed by atoms with Crippen molar-refractivity contribution in [3.63, 3.8) is 0 Å². The van der Waals surface area contributed by atoms with E-state index >= 15 is 0 Å². The van der Waals surface area contributed by atoms with Crippen LogP contribution in [0.2, 0.25) is 0 Å². The first-order valence-electron chi connectivity index (χ1n) is 6.60. The van der Waals surface area contributed by atoms with Crippen LogP contribution in [0.15, 0.2) is 0 Å². The summed E-state index contributed by atoms with van der Waals surface area (Å²) in [7, 11) is 4.49. The van der Waals surface area contributed by atoms with E-state index in [4.69, 9.17) is 5.73 Å². The van der Waals surface area contributed by atoms with Crippen LogP contribution in [0.3, 0.4) is 0 Å². The first-order valence-corrected chi connectivity index (χ1v) is 6.60. The van der Waals surface area contributed by atoms with Gasteiger partial charge in [0, 0.05) is 31.2 Å². The van der Waals surface area contributed by atoms with Crippen LogP contribution in [0.25, 0.3) is 0 Å². The second-order valence-electron chi connectivity index (χ2n) is 6.25. The van der Waals surface area contributed by atoms with E-state index in [1.54, 1.807) is 0 Å². The Bertz CT molecular complexity index is 244. The second-order valence-corrected chi connectivity index (χ2v) is 6.25. The molecule has 4 unspecified atom stereocenters. The first kappa shape index (κ1) is 12.3. The lowest BCUT2D eigenvalue weighted by Gasteiger charge is -2.38. The number of likely N-dealkylation sites (N-methyl/N-ethyl adjacent to an activating group) is 2. The Hall–Kier alpha value is -0.120. The molecule has 0 aromatic rings.